The van der Waals surface area contributed by atoms with Gasteiger partial charge in [-0.25, -0.2) is 0 Å². The third kappa shape index (κ3) is 3.21. The highest BCUT2D eigenvalue weighted by Gasteiger charge is 2.76. The van der Waals surface area contributed by atoms with E-state index in [4.69, 9.17) is 14.2 Å². The zero-order valence-corrected chi connectivity index (χ0v) is 20.6. The molecule has 4 aliphatic carbocycles. The van der Waals surface area contributed by atoms with Crippen molar-refractivity contribution in [2.24, 2.45) is 34.0 Å². The molecule has 2 bridgehead atoms. The van der Waals surface area contributed by atoms with Gasteiger partial charge in [0.1, 0.15) is 23.7 Å². The molecule has 2 unspecified atom stereocenters. The first-order valence-electron chi connectivity index (χ1n) is 12.0. The van der Waals surface area contributed by atoms with Gasteiger partial charge in [-0.05, 0) is 54.9 Å². The molecule has 1 spiro atoms. The number of carbonyl (C=O) groups excluding carboxylic acids is 4. The summed E-state index contributed by atoms with van der Waals surface area (Å²) in [6.07, 6.45) is 1.73. The van der Waals surface area contributed by atoms with Crippen LogP contribution < -0.4 is 0 Å². The van der Waals surface area contributed by atoms with E-state index in [2.05, 4.69) is 27.4 Å². The number of ether oxygens (including phenoxy) is 3. The summed E-state index contributed by atoms with van der Waals surface area (Å²) >= 11 is 0. The van der Waals surface area contributed by atoms with Crippen LogP contribution in [0.5, 0.6) is 0 Å². The molecule has 4 saturated carbocycles. The maximum atomic E-state index is 14.0. The minimum Gasteiger partial charge on any atom is -0.462 e. The highest BCUT2D eigenvalue weighted by atomic mass is 16.6. The number of hydrogen-bond acceptors (Lipinski definition) is 7. The van der Waals surface area contributed by atoms with Crippen molar-refractivity contribution in [2.45, 2.75) is 92.0 Å². The Hall–Kier alpha value is -2.18. The molecule has 4 aliphatic rings. The van der Waals surface area contributed by atoms with E-state index in [0.717, 1.165) is 12.8 Å². The predicted molar refractivity (Wildman–Crippen MR) is 119 cm³/mol. The predicted octanol–water partition coefficient (Wildman–Crippen LogP) is 3.78. The zero-order chi connectivity index (χ0) is 24.5. The van der Waals surface area contributed by atoms with Crippen molar-refractivity contribution < 1.29 is 33.4 Å². The number of Topliss-reactive ketones (excluding diaryl/α,β-unsaturated/α-hetero) is 1. The van der Waals surface area contributed by atoms with Crippen molar-refractivity contribution in [1.82, 2.24) is 0 Å². The Morgan fingerprint density at radius 3 is 2.00 bits per heavy atom. The van der Waals surface area contributed by atoms with Crippen molar-refractivity contribution in [1.29, 1.82) is 0 Å². The second-order valence-corrected chi connectivity index (χ2v) is 11.4. The van der Waals surface area contributed by atoms with E-state index in [-0.39, 0.29) is 46.4 Å². The Bertz CT molecular complexity index is 920. The van der Waals surface area contributed by atoms with Crippen LogP contribution in [0.4, 0.5) is 0 Å². The molecular formula is C26H36O7. The Morgan fingerprint density at radius 2 is 1.42 bits per heavy atom. The lowest BCUT2D eigenvalue weighted by molar-refractivity contribution is -0.250. The molecule has 4 fully saturated rings. The summed E-state index contributed by atoms with van der Waals surface area (Å²) in [5, 5.41) is 0. The van der Waals surface area contributed by atoms with Gasteiger partial charge < -0.3 is 14.2 Å². The molecule has 33 heavy (non-hydrogen) atoms. The molecule has 0 radical (unpaired) electrons. The largest absolute Gasteiger partial charge is 0.462 e. The van der Waals surface area contributed by atoms with Crippen LogP contribution in [0.15, 0.2) is 12.2 Å². The molecule has 0 aromatic carbocycles. The molecule has 0 N–H and O–H groups in total. The standard InChI is InChI=1S/C26H36O7/c1-13-17-8-9-18-25(7)11-10-20(31-14(2)27)24(5,6)19(25)12-21(32-15(3)28)26(18,22(13)30)23(17)33-16(4)29/h17-21,23H,1,8-12H2,2-7H3/t17?,18-,19+,20-,21+,23-,25-,26?/m0/s1. The summed E-state index contributed by atoms with van der Waals surface area (Å²) in [4.78, 5) is 50.2. The third-order valence-corrected chi connectivity index (χ3v) is 9.47. The van der Waals surface area contributed by atoms with E-state index in [1.165, 1.54) is 20.8 Å². The fourth-order valence-electron chi connectivity index (χ4n) is 8.36. The summed E-state index contributed by atoms with van der Waals surface area (Å²) in [6, 6.07) is 0. The van der Waals surface area contributed by atoms with E-state index >= 15 is 0 Å². The molecule has 0 aliphatic heterocycles. The highest BCUT2D eigenvalue weighted by molar-refractivity contribution is 6.05. The maximum absolute atomic E-state index is 14.0. The molecule has 0 heterocycles. The molecule has 182 valence electrons. The topological polar surface area (TPSA) is 96.0 Å². The van der Waals surface area contributed by atoms with Crippen molar-refractivity contribution >= 4 is 23.7 Å². The Kier molecular flexibility index (Phi) is 5.57. The quantitative estimate of drug-likeness (QED) is 0.359. The van der Waals surface area contributed by atoms with Crippen LogP contribution in [0.25, 0.3) is 0 Å². The first kappa shape index (κ1) is 24.0. The molecule has 4 rings (SSSR count). The number of esters is 3. The minimum atomic E-state index is -1.12. The molecule has 0 aromatic heterocycles. The van der Waals surface area contributed by atoms with Crippen LogP contribution in [-0.2, 0) is 33.4 Å². The molecular weight excluding hydrogens is 424 g/mol. The average Bonchev–Trinajstić information content (AvgIpc) is 2.80. The Morgan fingerprint density at radius 1 is 0.848 bits per heavy atom. The van der Waals surface area contributed by atoms with Crippen LogP contribution in [0.2, 0.25) is 0 Å². The fraction of sp³-hybridized carbons (Fsp3) is 0.769. The van der Waals surface area contributed by atoms with E-state index < -0.39 is 29.6 Å². The molecule has 0 amide bonds. The summed E-state index contributed by atoms with van der Waals surface area (Å²) in [5.74, 6) is -1.68. The molecule has 7 nitrogen and oxygen atoms in total. The summed E-state index contributed by atoms with van der Waals surface area (Å²) in [6.45, 7) is 14.7. The van der Waals surface area contributed by atoms with Crippen molar-refractivity contribution in [3.63, 3.8) is 0 Å². The fourth-order valence-corrected chi connectivity index (χ4v) is 8.36. The number of hydrogen-bond donors (Lipinski definition) is 0. The van der Waals surface area contributed by atoms with E-state index in [1.54, 1.807) is 0 Å². The van der Waals surface area contributed by atoms with Crippen LogP contribution in [0.3, 0.4) is 0 Å². The summed E-state index contributed by atoms with van der Waals surface area (Å²) < 4.78 is 17.5. The van der Waals surface area contributed by atoms with Crippen molar-refractivity contribution in [2.75, 3.05) is 0 Å². The van der Waals surface area contributed by atoms with Crippen LogP contribution in [-0.4, -0.2) is 42.0 Å². The van der Waals surface area contributed by atoms with Gasteiger partial charge in [-0.15, -0.1) is 0 Å². The second kappa shape index (κ2) is 7.67. The van der Waals surface area contributed by atoms with Gasteiger partial charge >= 0.3 is 17.9 Å². The van der Waals surface area contributed by atoms with Gasteiger partial charge in [-0.3, -0.25) is 19.2 Å². The average molecular weight is 461 g/mol. The monoisotopic (exact) mass is 460 g/mol. The first-order valence-corrected chi connectivity index (χ1v) is 12.0. The normalized spacial score (nSPS) is 43.2. The number of fused-ring (bicyclic) bond motifs is 3. The van der Waals surface area contributed by atoms with E-state index in [9.17, 15) is 19.2 Å². The lowest BCUT2D eigenvalue weighted by atomic mass is 9.39. The number of carbonyl (C=O) groups is 4. The van der Waals surface area contributed by atoms with E-state index in [0.29, 0.717) is 24.8 Å². The zero-order valence-electron chi connectivity index (χ0n) is 20.6. The van der Waals surface area contributed by atoms with Gasteiger partial charge in [0, 0.05) is 32.1 Å². The first-order chi connectivity index (χ1) is 15.3. The van der Waals surface area contributed by atoms with Crippen LogP contribution in [0, 0.1) is 34.0 Å². The van der Waals surface area contributed by atoms with Crippen LogP contribution in [0.1, 0.15) is 73.6 Å². The number of rotatable bonds is 3. The van der Waals surface area contributed by atoms with Crippen molar-refractivity contribution in [3.8, 4) is 0 Å². The SMILES string of the molecule is C=C1C(=O)C23[C@@H](CCC1[C@@H]2OC(C)=O)[C@]1(C)CC[C@H](OC(C)=O)C(C)(C)[C@H]1C[C@H]3OC(C)=O. The number of ketones is 1. The molecule has 0 aromatic rings. The van der Waals surface area contributed by atoms with Gasteiger partial charge in [0.15, 0.2) is 5.78 Å². The maximum Gasteiger partial charge on any atom is 0.302 e. The van der Waals surface area contributed by atoms with Crippen LogP contribution >= 0.6 is 0 Å². The Labute approximate surface area is 195 Å². The molecule has 8 atom stereocenters. The highest BCUT2D eigenvalue weighted by Crippen LogP contribution is 2.72. The van der Waals surface area contributed by atoms with Gasteiger partial charge in [0.25, 0.3) is 0 Å². The minimum absolute atomic E-state index is 0.0410. The van der Waals surface area contributed by atoms with Gasteiger partial charge in [0.05, 0.1) is 0 Å². The third-order valence-electron chi connectivity index (χ3n) is 9.47. The van der Waals surface area contributed by atoms with Gasteiger partial charge in [0.2, 0.25) is 0 Å². The summed E-state index contributed by atoms with van der Waals surface area (Å²) in [5.41, 5.74) is -1.30. The van der Waals surface area contributed by atoms with E-state index in [1.807, 2.05) is 0 Å². The van der Waals surface area contributed by atoms with Gasteiger partial charge in [-0.1, -0.05) is 27.4 Å². The summed E-state index contributed by atoms with van der Waals surface area (Å²) in [7, 11) is 0. The smallest absolute Gasteiger partial charge is 0.302 e. The molecule has 0 saturated heterocycles. The van der Waals surface area contributed by atoms with Gasteiger partial charge in [-0.2, -0.15) is 0 Å². The lowest BCUT2D eigenvalue weighted by Gasteiger charge is -2.66. The Balaban J connectivity index is 1.87. The lowest BCUT2D eigenvalue weighted by Crippen LogP contribution is -2.69. The molecule has 7 heteroatoms. The second-order valence-electron chi connectivity index (χ2n) is 11.4. The van der Waals surface area contributed by atoms with Crippen molar-refractivity contribution in [3.05, 3.63) is 12.2 Å².